The minimum atomic E-state index is -0.641. The quantitative estimate of drug-likeness (QED) is 0.169. The summed E-state index contributed by atoms with van der Waals surface area (Å²) < 4.78 is 10.7. The Hall–Kier alpha value is -3.07. The van der Waals surface area contributed by atoms with E-state index in [1.807, 2.05) is 24.3 Å². The Bertz CT molecular complexity index is 1110. The topological polar surface area (TPSA) is 35.5 Å². The summed E-state index contributed by atoms with van der Waals surface area (Å²) >= 11 is 0. The van der Waals surface area contributed by atoms with E-state index in [-0.39, 0.29) is 0 Å². The highest BCUT2D eigenvalue weighted by Gasteiger charge is 2.11. The van der Waals surface area contributed by atoms with E-state index in [0.717, 1.165) is 35.4 Å². The molecule has 4 rings (SSSR count). The smallest absolute Gasteiger partial charge is 0.434 e. The van der Waals surface area contributed by atoms with Gasteiger partial charge in [-0.3, -0.25) is 0 Å². The molecule has 4 aromatic carbocycles. The maximum atomic E-state index is 12.0. The van der Waals surface area contributed by atoms with Gasteiger partial charge in [-0.2, -0.15) is 0 Å². The van der Waals surface area contributed by atoms with Crippen molar-refractivity contribution in [1.82, 2.24) is 0 Å². The van der Waals surface area contributed by atoms with Crippen molar-refractivity contribution in [3.05, 3.63) is 66.7 Å². The zero-order valence-corrected chi connectivity index (χ0v) is 15.4. The number of hydrogen-bond acceptors (Lipinski definition) is 3. The van der Waals surface area contributed by atoms with Gasteiger partial charge in [0.1, 0.15) is 5.75 Å². The molecule has 0 spiro atoms. The summed E-state index contributed by atoms with van der Waals surface area (Å²) in [5.41, 5.74) is 0. The number of carbonyl (C=O) groups is 1. The van der Waals surface area contributed by atoms with Crippen LogP contribution in [0.1, 0.15) is 26.2 Å². The predicted molar refractivity (Wildman–Crippen MR) is 110 cm³/mol. The molecule has 0 heterocycles. The monoisotopic (exact) mass is 358 g/mol. The Balaban J connectivity index is 1.70. The fraction of sp³-hybridized carbons (Fsp3) is 0.208. The second-order valence-corrected chi connectivity index (χ2v) is 6.71. The summed E-state index contributed by atoms with van der Waals surface area (Å²) in [7, 11) is 0. The van der Waals surface area contributed by atoms with Gasteiger partial charge in [0.25, 0.3) is 0 Å². The first-order valence-corrected chi connectivity index (χ1v) is 9.46. The lowest BCUT2D eigenvalue weighted by molar-refractivity contribution is 0.0979. The highest BCUT2D eigenvalue weighted by molar-refractivity contribution is 6.18. The Morgan fingerprint density at radius 3 is 2.33 bits per heavy atom. The van der Waals surface area contributed by atoms with Crippen LogP contribution in [0, 0.1) is 0 Å². The Labute approximate surface area is 158 Å². The Kier molecular flexibility index (Phi) is 4.93. The number of benzene rings is 4. The highest BCUT2D eigenvalue weighted by atomic mass is 16.7. The number of hydrogen-bond donors (Lipinski definition) is 0. The van der Waals surface area contributed by atoms with Crippen LogP contribution in [-0.4, -0.2) is 12.8 Å². The van der Waals surface area contributed by atoms with Crippen LogP contribution < -0.4 is 4.74 Å². The van der Waals surface area contributed by atoms with E-state index in [2.05, 4.69) is 49.4 Å². The summed E-state index contributed by atoms with van der Waals surface area (Å²) in [5.74, 6) is 0.531. The molecule has 0 aliphatic carbocycles. The van der Waals surface area contributed by atoms with Gasteiger partial charge in [-0.1, -0.05) is 74.4 Å². The molecule has 0 aliphatic heterocycles. The molecule has 0 saturated carbocycles. The summed E-state index contributed by atoms with van der Waals surface area (Å²) in [6, 6.07) is 22.5. The minimum Gasteiger partial charge on any atom is -0.434 e. The molecule has 0 bridgehead atoms. The average Bonchev–Trinajstić information content (AvgIpc) is 2.71. The summed E-state index contributed by atoms with van der Waals surface area (Å²) in [6.45, 7) is 2.51. The van der Waals surface area contributed by atoms with E-state index in [4.69, 9.17) is 9.47 Å². The van der Waals surface area contributed by atoms with Crippen LogP contribution in [0.5, 0.6) is 5.75 Å². The second-order valence-electron chi connectivity index (χ2n) is 6.71. The molecular weight excluding hydrogens is 336 g/mol. The predicted octanol–water partition coefficient (Wildman–Crippen LogP) is 6.85. The van der Waals surface area contributed by atoms with Crippen LogP contribution in [0.15, 0.2) is 66.7 Å². The fourth-order valence-electron chi connectivity index (χ4n) is 3.54. The van der Waals surface area contributed by atoms with Gasteiger partial charge >= 0.3 is 6.16 Å². The van der Waals surface area contributed by atoms with Crippen LogP contribution >= 0.6 is 0 Å². The van der Waals surface area contributed by atoms with E-state index >= 15 is 0 Å². The van der Waals surface area contributed by atoms with Gasteiger partial charge in [-0.15, -0.1) is 0 Å². The maximum absolute atomic E-state index is 12.0. The molecular formula is C24H22O3. The standard InChI is InChI=1S/C24H22O3/c1-2-3-6-16-26-24(25)27-23-11-7-10-19-21-13-12-17-8-4-5-9-18(17)20(21)14-15-22(19)23/h4-5,7-15H,2-3,6,16H2,1H3. The number of fused-ring (bicyclic) bond motifs is 5. The largest absolute Gasteiger partial charge is 0.513 e. The van der Waals surface area contributed by atoms with Crippen LogP contribution in [0.3, 0.4) is 0 Å². The maximum Gasteiger partial charge on any atom is 0.513 e. The summed E-state index contributed by atoms with van der Waals surface area (Å²) in [5, 5.41) is 6.75. The Morgan fingerprint density at radius 2 is 1.44 bits per heavy atom. The molecule has 4 aromatic rings. The fourth-order valence-corrected chi connectivity index (χ4v) is 3.54. The van der Waals surface area contributed by atoms with E-state index in [1.165, 1.54) is 16.2 Å². The molecule has 0 aromatic heterocycles. The second kappa shape index (κ2) is 7.67. The normalized spacial score (nSPS) is 11.1. The van der Waals surface area contributed by atoms with Gasteiger partial charge in [0.05, 0.1) is 6.61 Å². The number of rotatable bonds is 5. The molecule has 3 heteroatoms. The molecule has 0 amide bonds. The van der Waals surface area contributed by atoms with E-state index in [9.17, 15) is 4.79 Å². The van der Waals surface area contributed by atoms with Crippen LogP contribution in [-0.2, 0) is 4.74 Å². The van der Waals surface area contributed by atoms with E-state index < -0.39 is 6.16 Å². The van der Waals surface area contributed by atoms with Crippen molar-refractivity contribution >= 4 is 38.5 Å². The first kappa shape index (κ1) is 17.3. The highest BCUT2D eigenvalue weighted by Crippen LogP contribution is 2.35. The molecule has 136 valence electrons. The van der Waals surface area contributed by atoms with Crippen LogP contribution in [0.2, 0.25) is 0 Å². The van der Waals surface area contributed by atoms with Crippen LogP contribution in [0.25, 0.3) is 32.3 Å². The molecule has 27 heavy (non-hydrogen) atoms. The first-order chi connectivity index (χ1) is 13.3. The molecule has 0 radical (unpaired) electrons. The third-order valence-corrected chi connectivity index (χ3v) is 4.90. The van der Waals surface area contributed by atoms with Gasteiger partial charge in [0.15, 0.2) is 0 Å². The SMILES string of the molecule is CCCCCOC(=O)Oc1cccc2c1ccc1c3ccccc3ccc21. The van der Waals surface area contributed by atoms with E-state index in [0.29, 0.717) is 12.4 Å². The molecule has 0 N–H and O–H groups in total. The molecule has 0 fully saturated rings. The van der Waals surface area contributed by atoms with Gasteiger partial charge in [0.2, 0.25) is 0 Å². The van der Waals surface area contributed by atoms with Gasteiger partial charge < -0.3 is 9.47 Å². The number of carbonyl (C=O) groups excluding carboxylic acids is 1. The third-order valence-electron chi connectivity index (χ3n) is 4.90. The third kappa shape index (κ3) is 3.45. The molecule has 3 nitrogen and oxygen atoms in total. The molecule has 0 aliphatic rings. The lowest BCUT2D eigenvalue weighted by Gasteiger charge is -2.11. The van der Waals surface area contributed by atoms with Gasteiger partial charge in [-0.25, -0.2) is 4.79 Å². The van der Waals surface area contributed by atoms with Crippen molar-refractivity contribution in [3.8, 4) is 5.75 Å². The molecule has 0 unspecified atom stereocenters. The minimum absolute atomic E-state index is 0.395. The number of ether oxygens (including phenoxy) is 2. The lowest BCUT2D eigenvalue weighted by atomic mass is 9.97. The summed E-state index contributed by atoms with van der Waals surface area (Å²) in [4.78, 5) is 12.0. The number of unbranched alkanes of at least 4 members (excludes halogenated alkanes) is 2. The first-order valence-electron chi connectivity index (χ1n) is 9.46. The molecule has 0 atom stereocenters. The van der Waals surface area contributed by atoms with Crippen molar-refractivity contribution in [2.45, 2.75) is 26.2 Å². The lowest BCUT2D eigenvalue weighted by Crippen LogP contribution is -2.11. The van der Waals surface area contributed by atoms with Crippen molar-refractivity contribution in [2.24, 2.45) is 0 Å². The van der Waals surface area contributed by atoms with Crippen molar-refractivity contribution < 1.29 is 14.3 Å². The van der Waals surface area contributed by atoms with Crippen molar-refractivity contribution in [2.75, 3.05) is 6.61 Å². The van der Waals surface area contributed by atoms with Crippen molar-refractivity contribution in [1.29, 1.82) is 0 Å². The van der Waals surface area contributed by atoms with Crippen LogP contribution in [0.4, 0.5) is 4.79 Å². The zero-order chi connectivity index (χ0) is 18.6. The Morgan fingerprint density at radius 1 is 0.741 bits per heavy atom. The van der Waals surface area contributed by atoms with E-state index in [1.54, 1.807) is 0 Å². The average molecular weight is 358 g/mol. The summed E-state index contributed by atoms with van der Waals surface area (Å²) in [6.07, 6.45) is 2.35. The van der Waals surface area contributed by atoms with Gasteiger partial charge in [-0.05, 0) is 45.5 Å². The molecule has 0 saturated heterocycles. The van der Waals surface area contributed by atoms with Gasteiger partial charge in [0, 0.05) is 5.39 Å². The van der Waals surface area contributed by atoms with Crippen molar-refractivity contribution in [3.63, 3.8) is 0 Å². The zero-order valence-electron chi connectivity index (χ0n) is 15.4.